The molecule has 4 rings (SSSR count). The molecule has 0 heterocycles. The molecule has 0 radical (unpaired) electrons. The molecule has 0 spiro atoms. The van der Waals surface area contributed by atoms with Crippen molar-refractivity contribution in [1.29, 1.82) is 0 Å². The summed E-state index contributed by atoms with van der Waals surface area (Å²) in [5, 5.41) is 30.8. The molecule has 4 fully saturated rings. The van der Waals surface area contributed by atoms with Gasteiger partial charge in [0.25, 0.3) is 0 Å². The molecule has 4 heteroatoms. The topological polar surface area (TPSA) is 77.8 Å². The number of hydrogen-bond donors (Lipinski definition) is 3. The van der Waals surface area contributed by atoms with Crippen LogP contribution in [0.4, 0.5) is 0 Å². The lowest BCUT2D eigenvalue weighted by atomic mass is 9.44. The smallest absolute Gasteiger partial charge is 0.307 e. The molecule has 0 aromatic carbocycles. The van der Waals surface area contributed by atoms with Crippen molar-refractivity contribution in [3.05, 3.63) is 0 Å². The second kappa shape index (κ2) is 5.44. The third-order valence-corrected chi connectivity index (χ3v) is 9.04. The maximum atomic E-state index is 11.8. The molecule has 4 saturated carbocycles. The van der Waals surface area contributed by atoms with Gasteiger partial charge in [0.15, 0.2) is 0 Å². The minimum atomic E-state index is -0.724. The third-order valence-electron chi connectivity index (χ3n) is 9.04. The fourth-order valence-electron chi connectivity index (χ4n) is 7.61. The summed E-state index contributed by atoms with van der Waals surface area (Å²) in [4.78, 5) is 11.8. The Balaban J connectivity index is 1.66. The summed E-state index contributed by atoms with van der Waals surface area (Å²) in [5.74, 6) is 0.840. The van der Waals surface area contributed by atoms with Crippen LogP contribution in [0.25, 0.3) is 0 Å². The molecule has 0 saturated heterocycles. The van der Waals surface area contributed by atoms with E-state index < -0.39 is 23.4 Å². The van der Waals surface area contributed by atoms with Crippen molar-refractivity contribution in [3.63, 3.8) is 0 Å². The van der Waals surface area contributed by atoms with E-state index in [0.717, 1.165) is 51.4 Å². The van der Waals surface area contributed by atoms with Crippen molar-refractivity contribution < 1.29 is 20.1 Å². The Morgan fingerprint density at radius 3 is 2.42 bits per heavy atom. The monoisotopic (exact) mass is 336 g/mol. The van der Waals surface area contributed by atoms with Crippen molar-refractivity contribution in [2.45, 2.75) is 77.4 Å². The molecule has 0 aromatic heterocycles. The zero-order chi connectivity index (χ0) is 17.3. The SMILES string of the molecule is C[C@]12CC[C@H](O)C[C@@H]1CC[C@H]1[C@H]2C[C@@H](O)[C@@]2(C)[C@@H]1CC[C@H]2C(=O)O. The lowest BCUT2D eigenvalue weighted by Crippen LogP contribution is -2.59. The van der Waals surface area contributed by atoms with Crippen molar-refractivity contribution in [2.24, 2.45) is 40.4 Å². The molecule has 136 valence electrons. The number of carbonyl (C=O) groups is 1. The van der Waals surface area contributed by atoms with Crippen LogP contribution in [0.15, 0.2) is 0 Å². The van der Waals surface area contributed by atoms with Gasteiger partial charge in [-0.3, -0.25) is 4.79 Å². The van der Waals surface area contributed by atoms with Crippen LogP contribution in [-0.2, 0) is 4.79 Å². The van der Waals surface area contributed by atoms with Crippen LogP contribution in [0.2, 0.25) is 0 Å². The quantitative estimate of drug-likeness (QED) is 0.688. The number of rotatable bonds is 1. The molecule has 0 unspecified atom stereocenters. The van der Waals surface area contributed by atoms with Crippen LogP contribution in [0.3, 0.4) is 0 Å². The Kier molecular flexibility index (Phi) is 3.82. The maximum Gasteiger partial charge on any atom is 0.307 e. The summed E-state index contributed by atoms with van der Waals surface area (Å²) < 4.78 is 0. The highest BCUT2D eigenvalue weighted by Crippen LogP contribution is 2.67. The van der Waals surface area contributed by atoms with E-state index in [4.69, 9.17) is 0 Å². The van der Waals surface area contributed by atoms with E-state index in [2.05, 4.69) is 6.92 Å². The van der Waals surface area contributed by atoms with Gasteiger partial charge in [-0.15, -0.1) is 0 Å². The predicted molar refractivity (Wildman–Crippen MR) is 90.2 cm³/mol. The largest absolute Gasteiger partial charge is 0.481 e. The van der Waals surface area contributed by atoms with E-state index in [1.807, 2.05) is 6.92 Å². The Morgan fingerprint density at radius 1 is 0.958 bits per heavy atom. The molecule has 9 atom stereocenters. The average Bonchev–Trinajstić information content (AvgIpc) is 2.88. The lowest BCUT2D eigenvalue weighted by molar-refractivity contribution is -0.180. The summed E-state index contributed by atoms with van der Waals surface area (Å²) in [7, 11) is 0. The van der Waals surface area contributed by atoms with E-state index in [1.165, 1.54) is 0 Å². The van der Waals surface area contributed by atoms with Crippen LogP contribution in [0.5, 0.6) is 0 Å². The number of carboxylic acid groups (broad SMARTS) is 1. The van der Waals surface area contributed by atoms with Gasteiger partial charge in [-0.2, -0.15) is 0 Å². The van der Waals surface area contributed by atoms with Crippen molar-refractivity contribution in [1.82, 2.24) is 0 Å². The predicted octanol–water partition coefficient (Wildman–Crippen LogP) is 3.06. The Hall–Kier alpha value is -0.610. The lowest BCUT2D eigenvalue weighted by Gasteiger charge is -2.61. The first kappa shape index (κ1) is 16.8. The van der Waals surface area contributed by atoms with Gasteiger partial charge in [0, 0.05) is 5.41 Å². The first-order valence-corrected chi connectivity index (χ1v) is 9.87. The van der Waals surface area contributed by atoms with E-state index in [-0.39, 0.29) is 11.5 Å². The van der Waals surface area contributed by atoms with Crippen LogP contribution in [0.1, 0.15) is 65.2 Å². The zero-order valence-corrected chi connectivity index (χ0v) is 14.9. The van der Waals surface area contributed by atoms with Crippen LogP contribution in [0, 0.1) is 40.4 Å². The number of hydrogen-bond acceptors (Lipinski definition) is 3. The zero-order valence-electron chi connectivity index (χ0n) is 14.9. The van der Waals surface area contributed by atoms with Gasteiger partial charge in [-0.1, -0.05) is 13.8 Å². The molecule has 0 bridgehead atoms. The van der Waals surface area contributed by atoms with Gasteiger partial charge in [-0.05, 0) is 80.5 Å². The molecule has 4 aliphatic rings. The van der Waals surface area contributed by atoms with Gasteiger partial charge < -0.3 is 15.3 Å². The Labute approximate surface area is 144 Å². The number of carboxylic acids is 1. The molecule has 0 aromatic rings. The van der Waals surface area contributed by atoms with Crippen LogP contribution >= 0.6 is 0 Å². The first-order valence-electron chi connectivity index (χ1n) is 9.87. The first-order chi connectivity index (χ1) is 11.3. The summed E-state index contributed by atoms with van der Waals surface area (Å²) >= 11 is 0. The maximum absolute atomic E-state index is 11.8. The van der Waals surface area contributed by atoms with E-state index >= 15 is 0 Å². The molecular formula is C20H32O4. The molecule has 3 N–H and O–H groups in total. The molecule has 0 aliphatic heterocycles. The number of aliphatic hydroxyl groups excluding tert-OH is 2. The van der Waals surface area contributed by atoms with Gasteiger partial charge in [0.1, 0.15) is 0 Å². The van der Waals surface area contributed by atoms with Crippen molar-refractivity contribution in [3.8, 4) is 0 Å². The number of aliphatic hydroxyl groups is 2. The minimum absolute atomic E-state index is 0.152. The highest BCUT2D eigenvalue weighted by atomic mass is 16.4. The fraction of sp³-hybridized carbons (Fsp3) is 0.950. The van der Waals surface area contributed by atoms with Gasteiger partial charge in [-0.25, -0.2) is 0 Å². The van der Waals surface area contributed by atoms with Crippen molar-refractivity contribution in [2.75, 3.05) is 0 Å². The average molecular weight is 336 g/mol. The summed E-state index contributed by atoms with van der Waals surface area (Å²) in [5.41, 5.74) is -0.240. The Morgan fingerprint density at radius 2 is 1.71 bits per heavy atom. The normalized spacial score (nSPS) is 56.9. The number of fused-ring (bicyclic) bond motifs is 5. The summed E-state index contributed by atoms with van der Waals surface area (Å²) in [6.45, 7) is 4.43. The van der Waals surface area contributed by atoms with E-state index in [0.29, 0.717) is 23.7 Å². The van der Waals surface area contributed by atoms with Gasteiger partial charge >= 0.3 is 5.97 Å². The van der Waals surface area contributed by atoms with E-state index in [9.17, 15) is 20.1 Å². The highest BCUT2D eigenvalue weighted by molar-refractivity contribution is 5.71. The van der Waals surface area contributed by atoms with E-state index in [1.54, 1.807) is 0 Å². The molecule has 0 amide bonds. The molecule has 4 aliphatic carbocycles. The second-order valence-corrected chi connectivity index (χ2v) is 9.67. The second-order valence-electron chi connectivity index (χ2n) is 9.67. The molecular weight excluding hydrogens is 304 g/mol. The third kappa shape index (κ3) is 2.08. The number of aliphatic carboxylic acids is 1. The highest BCUT2D eigenvalue weighted by Gasteiger charge is 2.64. The standard InChI is InChI=1S/C20H32O4/c1-19-8-7-12(21)9-11(19)3-4-13-14-5-6-15(18(23)24)20(14,2)17(22)10-16(13)19/h11-17,21-22H,3-10H2,1-2H3,(H,23,24)/t11-,12-,13+,14+,15-,16+,17+,19-,20-/m0/s1. The van der Waals surface area contributed by atoms with Crippen LogP contribution in [-0.4, -0.2) is 33.5 Å². The van der Waals surface area contributed by atoms with Gasteiger partial charge in [0.05, 0.1) is 18.1 Å². The summed E-state index contributed by atoms with van der Waals surface area (Å²) in [6, 6.07) is 0. The molecule has 4 nitrogen and oxygen atoms in total. The van der Waals surface area contributed by atoms with Gasteiger partial charge in [0.2, 0.25) is 0 Å². The Bertz CT molecular complexity index is 534. The van der Waals surface area contributed by atoms with Crippen LogP contribution < -0.4 is 0 Å². The fourth-order valence-corrected chi connectivity index (χ4v) is 7.61. The summed E-state index contributed by atoms with van der Waals surface area (Å²) in [6.07, 6.45) is 6.93. The minimum Gasteiger partial charge on any atom is -0.481 e. The molecule has 24 heavy (non-hydrogen) atoms. The van der Waals surface area contributed by atoms with Crippen molar-refractivity contribution >= 4 is 5.97 Å².